The molecule has 1 aromatic heterocycles. The Morgan fingerprint density at radius 3 is 2.32 bits per heavy atom. The molecule has 204 valence electrons. The molecular weight excluding hydrogens is 578 g/mol. The van der Waals surface area contributed by atoms with Gasteiger partial charge in [-0.15, -0.1) is 0 Å². The van der Waals surface area contributed by atoms with Crippen molar-refractivity contribution in [2.24, 2.45) is 5.73 Å². The Labute approximate surface area is 239 Å². The fraction of sp³-hybridized carbons (Fsp3) is 0.280. The third kappa shape index (κ3) is 9.81. The van der Waals surface area contributed by atoms with Crippen LogP contribution in [0.2, 0.25) is 10.0 Å². The van der Waals surface area contributed by atoms with Gasteiger partial charge in [-0.2, -0.15) is 0 Å². The quantitative estimate of drug-likeness (QED) is 0.274. The van der Waals surface area contributed by atoms with E-state index in [9.17, 15) is 14.4 Å². The number of carboxylic acid groups (broad SMARTS) is 1. The molecule has 3 rings (SSSR count). The van der Waals surface area contributed by atoms with Crippen LogP contribution in [-0.4, -0.2) is 52.0 Å². The van der Waals surface area contributed by atoms with Crippen LogP contribution in [0.15, 0.2) is 59.3 Å². The van der Waals surface area contributed by atoms with E-state index in [0.29, 0.717) is 17.0 Å². The van der Waals surface area contributed by atoms with Gasteiger partial charge in [-0.3, -0.25) is 14.4 Å². The van der Waals surface area contributed by atoms with Gasteiger partial charge in [0.1, 0.15) is 0 Å². The highest BCUT2D eigenvalue weighted by Crippen LogP contribution is 2.26. The highest BCUT2D eigenvalue weighted by atomic mass is 35.5. The first-order chi connectivity index (χ1) is 18.0. The number of amides is 2. The van der Waals surface area contributed by atoms with Crippen LogP contribution in [0.25, 0.3) is 11.3 Å². The molecule has 0 saturated heterocycles. The minimum absolute atomic E-state index is 0.00841. The van der Waals surface area contributed by atoms with E-state index in [0.717, 1.165) is 15.6 Å². The first kappa shape index (κ1) is 31.4. The van der Waals surface area contributed by atoms with Crippen molar-refractivity contribution in [3.63, 3.8) is 0 Å². The average molecular weight is 604 g/mol. The Balaban J connectivity index is 0.000000474. The van der Waals surface area contributed by atoms with Gasteiger partial charge < -0.3 is 25.6 Å². The number of carbonyl (C=O) groups is 3. The van der Waals surface area contributed by atoms with Gasteiger partial charge in [-0.25, -0.2) is 0 Å². The Kier molecular flexibility index (Phi) is 12.9. The molecule has 0 aliphatic rings. The summed E-state index contributed by atoms with van der Waals surface area (Å²) in [4.78, 5) is 35.0. The van der Waals surface area contributed by atoms with Gasteiger partial charge in [0.25, 0.3) is 5.91 Å². The number of nitrogens with zero attached hydrogens (tertiary/aromatic N) is 2. The minimum atomic E-state index is -1.29. The van der Waals surface area contributed by atoms with Crippen molar-refractivity contribution in [1.29, 1.82) is 0 Å². The van der Waals surface area contributed by atoms with E-state index >= 15 is 0 Å². The zero-order chi connectivity index (χ0) is 28.2. The molecule has 0 fully saturated rings. The van der Waals surface area contributed by atoms with Crippen LogP contribution < -0.4 is 16.0 Å². The number of anilines is 1. The summed E-state index contributed by atoms with van der Waals surface area (Å²) in [6.07, 6.45) is 1.30. The predicted molar refractivity (Wildman–Crippen MR) is 149 cm³/mol. The van der Waals surface area contributed by atoms with E-state index in [1.54, 1.807) is 30.3 Å². The lowest BCUT2D eigenvalue weighted by molar-refractivity contribution is -0.137. The molecule has 0 bridgehead atoms. The normalized spacial score (nSPS) is 11.3. The Hall–Kier alpha value is -2.82. The molecule has 2 amide bonds. The zero-order valence-electron chi connectivity index (χ0n) is 20.2. The van der Waals surface area contributed by atoms with E-state index in [1.165, 1.54) is 11.1 Å². The Morgan fingerprint density at radius 1 is 1.11 bits per heavy atom. The molecule has 13 heteroatoms. The number of aromatic nitrogens is 1. The van der Waals surface area contributed by atoms with Crippen LogP contribution >= 0.6 is 46.4 Å². The summed E-state index contributed by atoms with van der Waals surface area (Å²) in [7, 11) is 0. The first-order valence-electron chi connectivity index (χ1n) is 11.3. The van der Waals surface area contributed by atoms with Gasteiger partial charge >= 0.3 is 5.97 Å². The second kappa shape index (κ2) is 15.6. The van der Waals surface area contributed by atoms with Crippen molar-refractivity contribution < 1.29 is 24.0 Å². The maximum atomic E-state index is 12.5. The average Bonchev–Trinajstić information content (AvgIpc) is 3.43. The van der Waals surface area contributed by atoms with E-state index in [1.807, 2.05) is 25.1 Å². The van der Waals surface area contributed by atoms with Gasteiger partial charge in [0.15, 0.2) is 10.6 Å². The number of halogens is 4. The van der Waals surface area contributed by atoms with Crippen molar-refractivity contribution in [2.45, 2.75) is 30.6 Å². The summed E-state index contributed by atoms with van der Waals surface area (Å²) < 4.78 is 5.12. The second-order valence-electron chi connectivity index (χ2n) is 7.89. The van der Waals surface area contributed by atoms with Crippen LogP contribution in [0.5, 0.6) is 0 Å². The van der Waals surface area contributed by atoms with Crippen molar-refractivity contribution in [3.8, 4) is 11.3 Å². The number of benzene rings is 2. The lowest BCUT2D eigenvalue weighted by Gasteiger charge is -2.24. The fourth-order valence-electron chi connectivity index (χ4n) is 3.09. The Bertz CT molecular complexity index is 1200. The van der Waals surface area contributed by atoms with Crippen molar-refractivity contribution in [3.05, 3.63) is 70.3 Å². The molecule has 1 heterocycles. The molecule has 0 aliphatic heterocycles. The number of hydrogen-bond donors (Lipinski definition) is 3. The second-order valence-corrected chi connectivity index (χ2v) is 9.80. The summed E-state index contributed by atoms with van der Waals surface area (Å²) in [5.74, 6) is -1.59. The monoisotopic (exact) mass is 602 g/mol. The van der Waals surface area contributed by atoms with Crippen LogP contribution in [0, 0.1) is 6.92 Å². The van der Waals surface area contributed by atoms with Gasteiger partial charge in [-0.05, 0) is 43.2 Å². The topological polar surface area (TPSA) is 139 Å². The molecule has 3 aromatic rings. The van der Waals surface area contributed by atoms with Gasteiger partial charge in [-0.1, -0.05) is 69.8 Å². The van der Waals surface area contributed by atoms with Gasteiger partial charge in [0.05, 0.1) is 12.2 Å². The lowest BCUT2D eigenvalue weighted by atomic mass is 10.1. The number of carboxylic acids is 1. The van der Waals surface area contributed by atoms with Crippen LogP contribution in [0.3, 0.4) is 0 Å². The first-order valence-corrected chi connectivity index (χ1v) is 12.9. The largest absolute Gasteiger partial charge is 0.481 e. The van der Waals surface area contributed by atoms with Crippen LogP contribution in [0.1, 0.15) is 18.4 Å². The van der Waals surface area contributed by atoms with Crippen LogP contribution in [0.4, 0.5) is 5.69 Å². The lowest BCUT2D eigenvalue weighted by Crippen LogP contribution is -2.45. The molecule has 0 spiro atoms. The summed E-state index contributed by atoms with van der Waals surface area (Å²) >= 11 is 23.0. The molecule has 38 heavy (non-hydrogen) atoms. The molecule has 0 radical (unpaired) electrons. The molecule has 9 nitrogen and oxygen atoms in total. The number of nitrogens with one attached hydrogen (secondary N) is 1. The van der Waals surface area contributed by atoms with E-state index in [-0.39, 0.29) is 25.9 Å². The predicted octanol–water partition coefficient (Wildman–Crippen LogP) is 5.09. The smallest absolute Gasteiger partial charge is 0.303 e. The number of carbonyl (C=O) groups excluding carboxylic acids is 2. The highest BCUT2D eigenvalue weighted by molar-refractivity contribution is 6.54. The summed E-state index contributed by atoms with van der Waals surface area (Å²) in [5, 5.41) is 16.3. The Morgan fingerprint density at radius 2 is 1.76 bits per heavy atom. The zero-order valence-corrected chi connectivity index (χ0v) is 23.3. The third-order valence-electron chi connectivity index (χ3n) is 5.18. The molecule has 1 atom stereocenters. The molecule has 0 saturated carbocycles. The van der Waals surface area contributed by atoms with Crippen molar-refractivity contribution >= 4 is 69.9 Å². The molecule has 4 N–H and O–H groups in total. The maximum absolute atomic E-state index is 12.5. The summed E-state index contributed by atoms with van der Waals surface area (Å²) in [5.41, 5.74) is 7.80. The number of nitrogens with two attached hydrogens (primary N) is 1. The van der Waals surface area contributed by atoms with E-state index in [2.05, 4.69) is 10.5 Å². The minimum Gasteiger partial charge on any atom is -0.481 e. The standard InChI is InChI=1S/C18H20Cl2N4O5.C7H6Cl2/c19-16(20)18(28)24(9-8-22-17(27)13(21)4-5-15(25)26)12-3-1-2-11(10-12)14-6-7-23-29-14;1-5-6(8)3-2-4-7(5)9/h1-3,6-7,10,13,16H,4-5,8-9,21H2,(H,22,27)(H,25,26);2-4H,1H3. The van der Waals surface area contributed by atoms with Gasteiger partial charge in [0.2, 0.25) is 5.91 Å². The molecule has 0 aliphatic carbocycles. The number of alkyl halides is 2. The number of hydrogen-bond acceptors (Lipinski definition) is 6. The van der Waals surface area contributed by atoms with Crippen LogP contribution in [-0.2, 0) is 14.4 Å². The molecular formula is C25H26Cl4N4O5. The van der Waals surface area contributed by atoms with Crippen molar-refractivity contribution in [1.82, 2.24) is 10.5 Å². The maximum Gasteiger partial charge on any atom is 0.303 e. The number of aliphatic carboxylic acids is 1. The third-order valence-corrected chi connectivity index (χ3v) is 6.37. The summed E-state index contributed by atoms with van der Waals surface area (Å²) in [6, 6.07) is 13.1. The highest BCUT2D eigenvalue weighted by Gasteiger charge is 2.23. The van der Waals surface area contributed by atoms with E-state index in [4.69, 9.17) is 61.8 Å². The number of rotatable bonds is 10. The SMILES string of the molecule is Cc1c(Cl)cccc1Cl.NC(CCC(=O)O)C(=O)NCCN(C(=O)C(Cl)Cl)c1cccc(-c2ccno2)c1. The van der Waals surface area contributed by atoms with E-state index < -0.39 is 28.7 Å². The van der Waals surface area contributed by atoms with Crippen molar-refractivity contribution in [2.75, 3.05) is 18.0 Å². The summed E-state index contributed by atoms with van der Waals surface area (Å²) in [6.45, 7) is 2.04. The van der Waals surface area contributed by atoms with Gasteiger partial charge in [0, 0.05) is 46.9 Å². The molecule has 1 unspecified atom stereocenters. The fourth-order valence-corrected chi connectivity index (χ4v) is 3.72. The molecule has 2 aromatic carbocycles.